The third kappa shape index (κ3) is 5.98. The van der Waals surface area contributed by atoms with Crippen molar-refractivity contribution in [2.45, 2.75) is 25.4 Å². The molecule has 2 amide bonds. The molecular weight excluding hydrogens is 398 g/mol. The van der Waals surface area contributed by atoms with Gasteiger partial charge in [0, 0.05) is 20.0 Å². The highest BCUT2D eigenvalue weighted by atomic mass is 19.1. The SMILES string of the molecule is CNC(=O)C(Cc1ccccc1)N(Cc1ccc(F)cc1)C(=O)Cc1ccccc1F. The van der Waals surface area contributed by atoms with Gasteiger partial charge in [-0.3, -0.25) is 9.59 Å². The fourth-order valence-corrected chi connectivity index (χ4v) is 3.41. The standard InChI is InChI=1S/C25H24F2N2O2/c1-28-25(31)23(15-18-7-3-2-4-8-18)29(17-19-11-13-21(26)14-12-19)24(30)16-20-9-5-6-10-22(20)27/h2-14,23H,15-17H2,1H3,(H,28,31). The van der Waals surface area contributed by atoms with Crippen LogP contribution in [0.15, 0.2) is 78.9 Å². The van der Waals surface area contributed by atoms with E-state index < -0.39 is 11.9 Å². The van der Waals surface area contributed by atoms with E-state index in [-0.39, 0.29) is 36.2 Å². The molecule has 160 valence electrons. The van der Waals surface area contributed by atoms with Crippen molar-refractivity contribution in [1.82, 2.24) is 10.2 Å². The molecule has 0 aliphatic carbocycles. The minimum absolute atomic E-state index is 0.0957. The lowest BCUT2D eigenvalue weighted by Crippen LogP contribution is -2.50. The number of rotatable bonds is 8. The maximum absolute atomic E-state index is 14.2. The van der Waals surface area contributed by atoms with Crippen LogP contribution in [0.25, 0.3) is 0 Å². The van der Waals surface area contributed by atoms with Gasteiger partial charge in [0.05, 0.1) is 6.42 Å². The van der Waals surface area contributed by atoms with Crippen molar-refractivity contribution >= 4 is 11.8 Å². The van der Waals surface area contributed by atoms with Crippen LogP contribution in [0.5, 0.6) is 0 Å². The molecule has 0 bridgehead atoms. The van der Waals surface area contributed by atoms with Gasteiger partial charge in [0.15, 0.2) is 0 Å². The van der Waals surface area contributed by atoms with E-state index >= 15 is 0 Å². The number of halogens is 2. The first-order valence-electron chi connectivity index (χ1n) is 10.0. The normalized spacial score (nSPS) is 11.6. The molecule has 0 spiro atoms. The van der Waals surface area contributed by atoms with Crippen molar-refractivity contribution in [1.29, 1.82) is 0 Å². The van der Waals surface area contributed by atoms with Crippen LogP contribution in [0.2, 0.25) is 0 Å². The molecule has 0 saturated carbocycles. The van der Waals surface area contributed by atoms with Gasteiger partial charge in [0.25, 0.3) is 0 Å². The van der Waals surface area contributed by atoms with E-state index in [2.05, 4.69) is 5.32 Å². The van der Waals surface area contributed by atoms with E-state index in [0.717, 1.165) is 5.56 Å². The van der Waals surface area contributed by atoms with Crippen LogP contribution in [-0.4, -0.2) is 29.8 Å². The minimum Gasteiger partial charge on any atom is -0.357 e. The number of likely N-dealkylation sites (N-methyl/N-ethyl adjacent to an activating group) is 1. The van der Waals surface area contributed by atoms with Crippen molar-refractivity contribution in [2.24, 2.45) is 0 Å². The summed E-state index contributed by atoms with van der Waals surface area (Å²) in [6.07, 6.45) is 0.112. The number of carbonyl (C=O) groups is 2. The van der Waals surface area contributed by atoms with Crippen molar-refractivity contribution in [3.63, 3.8) is 0 Å². The lowest BCUT2D eigenvalue weighted by Gasteiger charge is -2.31. The first-order valence-corrected chi connectivity index (χ1v) is 10.0. The predicted octanol–water partition coefficient (Wildman–Crippen LogP) is 3.89. The molecule has 4 nitrogen and oxygen atoms in total. The van der Waals surface area contributed by atoms with Crippen LogP contribution in [0.1, 0.15) is 16.7 Å². The monoisotopic (exact) mass is 422 g/mol. The van der Waals surface area contributed by atoms with Gasteiger partial charge in [0.1, 0.15) is 17.7 Å². The quantitative estimate of drug-likeness (QED) is 0.599. The summed E-state index contributed by atoms with van der Waals surface area (Å²) < 4.78 is 27.5. The third-order valence-corrected chi connectivity index (χ3v) is 5.08. The highest BCUT2D eigenvalue weighted by molar-refractivity contribution is 5.88. The lowest BCUT2D eigenvalue weighted by molar-refractivity contribution is -0.140. The molecule has 0 aromatic heterocycles. The van der Waals surface area contributed by atoms with Gasteiger partial charge in [-0.25, -0.2) is 8.78 Å². The van der Waals surface area contributed by atoms with Crippen LogP contribution < -0.4 is 5.32 Å². The number of nitrogens with one attached hydrogen (secondary N) is 1. The van der Waals surface area contributed by atoms with Gasteiger partial charge in [-0.05, 0) is 34.9 Å². The molecule has 3 rings (SSSR count). The number of benzene rings is 3. The Morgan fingerprint density at radius 1 is 0.871 bits per heavy atom. The number of carbonyl (C=O) groups excluding carboxylic acids is 2. The molecule has 0 saturated heterocycles. The smallest absolute Gasteiger partial charge is 0.242 e. The lowest BCUT2D eigenvalue weighted by atomic mass is 10.0. The maximum atomic E-state index is 14.2. The Bertz CT molecular complexity index is 1020. The summed E-state index contributed by atoms with van der Waals surface area (Å²) in [5.41, 5.74) is 1.82. The van der Waals surface area contributed by atoms with E-state index in [9.17, 15) is 18.4 Å². The topological polar surface area (TPSA) is 49.4 Å². The molecule has 0 fully saturated rings. The van der Waals surface area contributed by atoms with Crippen LogP contribution in [0, 0.1) is 11.6 Å². The molecule has 0 radical (unpaired) electrons. The van der Waals surface area contributed by atoms with Crippen molar-refractivity contribution in [2.75, 3.05) is 7.05 Å². The molecule has 1 N–H and O–H groups in total. The predicted molar refractivity (Wildman–Crippen MR) is 115 cm³/mol. The summed E-state index contributed by atoms with van der Waals surface area (Å²) in [5.74, 6) is -1.58. The molecule has 0 aliphatic rings. The summed E-state index contributed by atoms with van der Waals surface area (Å²) in [6, 6.07) is 20.4. The Balaban J connectivity index is 1.94. The van der Waals surface area contributed by atoms with Gasteiger partial charge in [-0.15, -0.1) is 0 Å². The fourth-order valence-electron chi connectivity index (χ4n) is 3.41. The maximum Gasteiger partial charge on any atom is 0.242 e. The van der Waals surface area contributed by atoms with Gasteiger partial charge >= 0.3 is 0 Å². The Labute approximate surface area is 180 Å². The van der Waals surface area contributed by atoms with E-state index in [1.54, 1.807) is 30.3 Å². The average Bonchev–Trinajstić information content (AvgIpc) is 2.79. The molecule has 3 aromatic carbocycles. The average molecular weight is 422 g/mol. The van der Waals surface area contributed by atoms with Gasteiger partial charge in [-0.1, -0.05) is 60.7 Å². The molecule has 1 atom stereocenters. The Morgan fingerprint density at radius 2 is 1.52 bits per heavy atom. The summed E-state index contributed by atoms with van der Waals surface area (Å²) in [6.45, 7) is 0.0957. The van der Waals surface area contributed by atoms with E-state index in [4.69, 9.17) is 0 Å². The number of nitrogens with zero attached hydrogens (tertiary/aromatic N) is 1. The van der Waals surface area contributed by atoms with Gasteiger partial charge in [0.2, 0.25) is 11.8 Å². The number of hydrogen-bond donors (Lipinski definition) is 1. The second-order valence-corrected chi connectivity index (χ2v) is 7.24. The van der Waals surface area contributed by atoms with Crippen LogP contribution in [-0.2, 0) is 29.0 Å². The zero-order valence-corrected chi connectivity index (χ0v) is 17.2. The van der Waals surface area contributed by atoms with E-state index in [0.29, 0.717) is 12.0 Å². The number of amides is 2. The first-order chi connectivity index (χ1) is 15.0. The minimum atomic E-state index is -0.809. The van der Waals surface area contributed by atoms with E-state index in [1.807, 2.05) is 30.3 Å². The molecule has 1 unspecified atom stereocenters. The van der Waals surface area contributed by atoms with E-state index in [1.165, 1.54) is 30.1 Å². The Hall–Kier alpha value is -3.54. The summed E-state index contributed by atoms with van der Waals surface area (Å²) in [5, 5.41) is 2.62. The summed E-state index contributed by atoms with van der Waals surface area (Å²) >= 11 is 0. The third-order valence-electron chi connectivity index (χ3n) is 5.08. The Morgan fingerprint density at radius 3 is 2.16 bits per heavy atom. The molecule has 6 heteroatoms. The largest absolute Gasteiger partial charge is 0.357 e. The molecular formula is C25H24F2N2O2. The number of hydrogen-bond acceptors (Lipinski definition) is 2. The van der Waals surface area contributed by atoms with Gasteiger partial charge < -0.3 is 10.2 Å². The molecule has 0 aliphatic heterocycles. The van der Waals surface area contributed by atoms with Gasteiger partial charge in [-0.2, -0.15) is 0 Å². The van der Waals surface area contributed by atoms with Crippen molar-refractivity contribution in [3.8, 4) is 0 Å². The highest BCUT2D eigenvalue weighted by Gasteiger charge is 2.30. The first kappa shape index (κ1) is 22.2. The zero-order chi connectivity index (χ0) is 22.2. The molecule has 0 heterocycles. The second-order valence-electron chi connectivity index (χ2n) is 7.24. The van der Waals surface area contributed by atoms with Crippen molar-refractivity contribution < 1.29 is 18.4 Å². The molecule has 31 heavy (non-hydrogen) atoms. The highest BCUT2D eigenvalue weighted by Crippen LogP contribution is 2.18. The Kier molecular flexibility index (Phi) is 7.49. The van der Waals surface area contributed by atoms with Crippen LogP contribution in [0.4, 0.5) is 8.78 Å². The second kappa shape index (κ2) is 10.5. The summed E-state index contributed by atoms with van der Waals surface area (Å²) in [4.78, 5) is 27.5. The summed E-state index contributed by atoms with van der Waals surface area (Å²) in [7, 11) is 1.51. The zero-order valence-electron chi connectivity index (χ0n) is 17.2. The van der Waals surface area contributed by atoms with Crippen LogP contribution in [0.3, 0.4) is 0 Å². The fraction of sp³-hybridized carbons (Fsp3) is 0.200. The van der Waals surface area contributed by atoms with Crippen molar-refractivity contribution in [3.05, 3.63) is 107 Å². The van der Waals surface area contributed by atoms with Crippen LogP contribution >= 0.6 is 0 Å². The molecule has 3 aromatic rings.